The molecule has 6 heteroatoms. The van der Waals surface area contributed by atoms with E-state index in [1.807, 2.05) is 0 Å². The third-order valence-electron chi connectivity index (χ3n) is 9.83. The number of esters is 3. The van der Waals surface area contributed by atoms with Gasteiger partial charge in [0, 0.05) is 19.3 Å². The molecule has 0 aliphatic carbocycles. The molecule has 0 bridgehead atoms. The van der Waals surface area contributed by atoms with Crippen LogP contribution in [0.4, 0.5) is 0 Å². The molecule has 0 fully saturated rings. The molecule has 0 heterocycles. The molecule has 1 unspecified atom stereocenters. The van der Waals surface area contributed by atoms with Crippen LogP contribution in [0.2, 0.25) is 0 Å². The zero-order valence-corrected chi connectivity index (χ0v) is 33.3. The van der Waals surface area contributed by atoms with Gasteiger partial charge < -0.3 is 14.2 Å². The van der Waals surface area contributed by atoms with E-state index < -0.39 is 6.10 Å². The SMILES string of the molecule is CCCCCCCCCCCCCC(=O)O[C@@H](COC(=O)CCCCCCCCCC(C)C)COC(=O)CCCCCCCCC(C)CC. The summed E-state index contributed by atoms with van der Waals surface area (Å²) < 4.78 is 16.6. The average Bonchev–Trinajstić information content (AvgIpc) is 3.08. The van der Waals surface area contributed by atoms with E-state index in [9.17, 15) is 14.4 Å². The molecule has 0 radical (unpaired) electrons. The number of ether oxygens (including phenoxy) is 3. The highest BCUT2D eigenvalue weighted by atomic mass is 16.6. The lowest BCUT2D eigenvalue weighted by atomic mass is 10.00. The van der Waals surface area contributed by atoms with Gasteiger partial charge in [-0.05, 0) is 31.1 Å². The predicted molar refractivity (Wildman–Crippen MR) is 206 cm³/mol. The molecule has 0 aromatic rings. The summed E-state index contributed by atoms with van der Waals surface area (Å²) >= 11 is 0. The molecule has 0 aromatic carbocycles. The first kappa shape index (κ1) is 47.4. The maximum absolute atomic E-state index is 12.6. The minimum Gasteiger partial charge on any atom is -0.462 e. The van der Waals surface area contributed by atoms with E-state index >= 15 is 0 Å². The second-order valence-corrected chi connectivity index (χ2v) is 15.3. The van der Waals surface area contributed by atoms with Crippen LogP contribution in [0, 0.1) is 11.8 Å². The van der Waals surface area contributed by atoms with Gasteiger partial charge in [0.1, 0.15) is 13.2 Å². The van der Waals surface area contributed by atoms with Crippen molar-refractivity contribution < 1.29 is 28.6 Å². The summed E-state index contributed by atoms with van der Waals surface area (Å²) in [6, 6.07) is 0. The Labute approximate surface area is 304 Å². The van der Waals surface area contributed by atoms with Gasteiger partial charge in [-0.15, -0.1) is 0 Å². The van der Waals surface area contributed by atoms with E-state index in [2.05, 4.69) is 34.6 Å². The second-order valence-electron chi connectivity index (χ2n) is 15.3. The van der Waals surface area contributed by atoms with E-state index in [-0.39, 0.29) is 31.1 Å². The Balaban J connectivity index is 4.37. The molecule has 6 nitrogen and oxygen atoms in total. The molecule has 2 atom stereocenters. The Kier molecular flexibility index (Phi) is 35.0. The fraction of sp³-hybridized carbons (Fsp3) is 0.930. The van der Waals surface area contributed by atoms with Crippen LogP contribution in [0.5, 0.6) is 0 Å². The van der Waals surface area contributed by atoms with Gasteiger partial charge in [0.25, 0.3) is 0 Å². The Morgan fingerprint density at radius 2 is 0.776 bits per heavy atom. The summed E-state index contributed by atoms with van der Waals surface area (Å²) in [5.41, 5.74) is 0. The molecular formula is C43H82O6. The average molecular weight is 695 g/mol. The van der Waals surface area contributed by atoms with Crippen molar-refractivity contribution in [3.63, 3.8) is 0 Å². The number of hydrogen-bond acceptors (Lipinski definition) is 6. The molecule has 0 spiro atoms. The van der Waals surface area contributed by atoms with Crippen molar-refractivity contribution in [2.75, 3.05) is 13.2 Å². The number of carbonyl (C=O) groups excluding carboxylic acids is 3. The first-order chi connectivity index (χ1) is 23.8. The highest BCUT2D eigenvalue weighted by Gasteiger charge is 2.19. The summed E-state index contributed by atoms with van der Waals surface area (Å²) in [5.74, 6) is 0.728. The smallest absolute Gasteiger partial charge is 0.306 e. The van der Waals surface area contributed by atoms with Gasteiger partial charge in [0.15, 0.2) is 6.10 Å². The number of unbranched alkanes of at least 4 members (excludes halogenated alkanes) is 21. The lowest BCUT2D eigenvalue weighted by molar-refractivity contribution is -0.167. The Morgan fingerprint density at radius 1 is 0.429 bits per heavy atom. The number of carbonyl (C=O) groups is 3. The van der Waals surface area contributed by atoms with E-state index in [0.717, 1.165) is 69.6 Å². The molecule has 0 saturated carbocycles. The quantitative estimate of drug-likeness (QED) is 0.0366. The maximum atomic E-state index is 12.6. The van der Waals surface area contributed by atoms with Crippen molar-refractivity contribution in [3.05, 3.63) is 0 Å². The topological polar surface area (TPSA) is 78.9 Å². The van der Waals surface area contributed by atoms with Gasteiger partial charge >= 0.3 is 17.9 Å². The van der Waals surface area contributed by atoms with Gasteiger partial charge in [0.05, 0.1) is 0 Å². The highest BCUT2D eigenvalue weighted by Crippen LogP contribution is 2.16. The molecule has 0 saturated heterocycles. The highest BCUT2D eigenvalue weighted by molar-refractivity contribution is 5.71. The minimum absolute atomic E-state index is 0.0669. The lowest BCUT2D eigenvalue weighted by Gasteiger charge is -2.18. The maximum Gasteiger partial charge on any atom is 0.306 e. The van der Waals surface area contributed by atoms with Gasteiger partial charge in [0.2, 0.25) is 0 Å². The fourth-order valence-corrected chi connectivity index (χ4v) is 6.19. The van der Waals surface area contributed by atoms with Gasteiger partial charge in [-0.1, -0.05) is 189 Å². The summed E-state index contributed by atoms with van der Waals surface area (Å²) in [6.07, 6.45) is 32.4. The van der Waals surface area contributed by atoms with E-state index in [1.165, 1.54) is 116 Å². The summed E-state index contributed by atoms with van der Waals surface area (Å²) in [5, 5.41) is 0. The summed E-state index contributed by atoms with van der Waals surface area (Å²) in [4.78, 5) is 37.5. The van der Waals surface area contributed by atoms with Crippen LogP contribution < -0.4 is 0 Å². The van der Waals surface area contributed by atoms with Crippen LogP contribution in [0.15, 0.2) is 0 Å². The summed E-state index contributed by atoms with van der Waals surface area (Å²) in [6.45, 7) is 11.2. The molecule has 0 aliphatic rings. The third-order valence-corrected chi connectivity index (χ3v) is 9.83. The molecule has 0 amide bonds. The van der Waals surface area contributed by atoms with Crippen LogP contribution in [-0.2, 0) is 28.6 Å². The Hall–Kier alpha value is -1.59. The van der Waals surface area contributed by atoms with Crippen molar-refractivity contribution >= 4 is 17.9 Å². The van der Waals surface area contributed by atoms with Crippen LogP contribution in [-0.4, -0.2) is 37.2 Å². The van der Waals surface area contributed by atoms with Crippen LogP contribution in [0.3, 0.4) is 0 Å². The molecule has 0 rings (SSSR count). The van der Waals surface area contributed by atoms with Crippen LogP contribution in [0.25, 0.3) is 0 Å². The number of hydrogen-bond donors (Lipinski definition) is 0. The first-order valence-corrected chi connectivity index (χ1v) is 21.3. The van der Waals surface area contributed by atoms with Gasteiger partial charge in [-0.3, -0.25) is 14.4 Å². The molecule has 0 aliphatic heterocycles. The predicted octanol–water partition coefficient (Wildman–Crippen LogP) is 13.0. The van der Waals surface area contributed by atoms with E-state index in [4.69, 9.17) is 14.2 Å². The van der Waals surface area contributed by atoms with Crippen LogP contribution >= 0.6 is 0 Å². The van der Waals surface area contributed by atoms with E-state index in [0.29, 0.717) is 19.3 Å². The first-order valence-electron chi connectivity index (χ1n) is 21.3. The molecule has 0 aromatic heterocycles. The fourth-order valence-electron chi connectivity index (χ4n) is 6.19. The van der Waals surface area contributed by atoms with Crippen molar-refractivity contribution in [2.24, 2.45) is 11.8 Å². The Morgan fingerprint density at radius 3 is 1.16 bits per heavy atom. The molecule has 290 valence electrons. The van der Waals surface area contributed by atoms with E-state index in [1.54, 1.807) is 0 Å². The Bertz CT molecular complexity index is 751. The van der Waals surface area contributed by atoms with Crippen molar-refractivity contribution in [3.8, 4) is 0 Å². The van der Waals surface area contributed by atoms with Gasteiger partial charge in [-0.25, -0.2) is 0 Å². The summed E-state index contributed by atoms with van der Waals surface area (Å²) in [7, 11) is 0. The standard InChI is InChI=1S/C43H82O6/c1-6-8-9-10-11-12-13-14-17-25-30-35-43(46)49-40(36-47-41(44)33-28-23-18-15-16-21-26-31-38(3)4)37-48-42(45)34-29-24-20-19-22-27-32-39(5)7-2/h38-40H,6-37H2,1-5H3/t39?,40-/m0/s1. The zero-order valence-electron chi connectivity index (χ0n) is 33.3. The third kappa shape index (κ3) is 36.0. The zero-order chi connectivity index (χ0) is 36.2. The monoisotopic (exact) mass is 695 g/mol. The van der Waals surface area contributed by atoms with Crippen molar-refractivity contribution in [1.82, 2.24) is 0 Å². The largest absolute Gasteiger partial charge is 0.462 e. The number of rotatable bonds is 37. The normalized spacial score (nSPS) is 12.6. The van der Waals surface area contributed by atoms with Crippen molar-refractivity contribution in [1.29, 1.82) is 0 Å². The van der Waals surface area contributed by atoms with Crippen LogP contribution in [0.1, 0.15) is 227 Å². The van der Waals surface area contributed by atoms with Crippen molar-refractivity contribution in [2.45, 2.75) is 233 Å². The molecular weight excluding hydrogens is 612 g/mol. The minimum atomic E-state index is -0.760. The molecule has 49 heavy (non-hydrogen) atoms. The lowest BCUT2D eigenvalue weighted by Crippen LogP contribution is -2.30. The second kappa shape index (κ2) is 36.2. The molecule has 0 N–H and O–H groups in total. The van der Waals surface area contributed by atoms with Gasteiger partial charge in [-0.2, -0.15) is 0 Å².